The zero-order chi connectivity index (χ0) is 18.4. The monoisotopic (exact) mass is 370 g/mol. The number of carbonyl (C=O) groups excluding carboxylic acids is 1. The van der Waals surface area contributed by atoms with Crippen molar-refractivity contribution in [3.05, 3.63) is 35.6 Å². The van der Waals surface area contributed by atoms with Gasteiger partial charge in [-0.25, -0.2) is 4.39 Å². The molecule has 4 heteroatoms. The third-order valence-corrected chi connectivity index (χ3v) is 7.73. The van der Waals surface area contributed by atoms with Gasteiger partial charge in [-0.15, -0.1) is 0 Å². The lowest BCUT2D eigenvalue weighted by atomic mass is 9.51. The molecule has 4 saturated carbocycles. The normalized spacial score (nSPS) is 36.0. The van der Waals surface area contributed by atoms with Gasteiger partial charge in [0.25, 0.3) is 0 Å². The molecule has 4 aliphatic carbocycles. The second kappa shape index (κ2) is 7.20. The first-order chi connectivity index (χ1) is 13.2. The first-order valence-corrected chi connectivity index (χ1v) is 10.9. The van der Waals surface area contributed by atoms with Gasteiger partial charge in [0.05, 0.1) is 0 Å². The molecule has 6 rings (SSSR count). The highest BCUT2D eigenvalue weighted by Crippen LogP contribution is 2.56. The van der Waals surface area contributed by atoms with Gasteiger partial charge in [-0.1, -0.05) is 12.1 Å². The number of halogens is 1. The quantitative estimate of drug-likeness (QED) is 0.805. The predicted octanol–water partition coefficient (Wildman–Crippen LogP) is 3.93. The van der Waals surface area contributed by atoms with Gasteiger partial charge >= 0.3 is 0 Å². The topological polar surface area (TPSA) is 23.6 Å². The van der Waals surface area contributed by atoms with Crippen LogP contribution in [0.25, 0.3) is 0 Å². The van der Waals surface area contributed by atoms with Crippen LogP contribution in [0.1, 0.15) is 44.1 Å². The zero-order valence-electron chi connectivity index (χ0n) is 16.2. The maximum absolute atomic E-state index is 13.4. The second-order valence-corrected chi connectivity index (χ2v) is 9.54. The predicted molar refractivity (Wildman–Crippen MR) is 103 cm³/mol. The summed E-state index contributed by atoms with van der Waals surface area (Å²) in [5.74, 6) is 3.80. The lowest BCUT2D eigenvalue weighted by Crippen LogP contribution is -2.52. The van der Waals surface area contributed by atoms with Crippen molar-refractivity contribution in [3.8, 4) is 0 Å². The standard InChI is InChI=1S/C23H31FN2O/c24-21-4-2-16(3-5-21)15-25-6-1-7-26(9-8-25)23(27)22-19-11-17-10-18(13-19)14-20(22)12-17/h2-5,17-20,22H,1,6-15H2. The Morgan fingerprint density at radius 3 is 2.22 bits per heavy atom. The van der Waals surface area contributed by atoms with Gasteiger partial charge in [0.15, 0.2) is 0 Å². The molecule has 1 amide bonds. The molecule has 0 aromatic heterocycles. The molecule has 1 saturated heterocycles. The Balaban J connectivity index is 1.20. The highest BCUT2D eigenvalue weighted by atomic mass is 19.1. The molecule has 0 radical (unpaired) electrons. The molecule has 27 heavy (non-hydrogen) atoms. The SMILES string of the molecule is O=C(C1C2CC3CC(C2)CC1C3)N1CCCN(Cc2ccc(F)cc2)CC1. The Labute approximate surface area is 161 Å². The molecule has 1 aromatic rings. The van der Waals surface area contributed by atoms with Crippen LogP contribution in [0.2, 0.25) is 0 Å². The van der Waals surface area contributed by atoms with Crippen molar-refractivity contribution in [2.75, 3.05) is 26.2 Å². The lowest BCUT2D eigenvalue weighted by molar-refractivity contribution is -0.149. The van der Waals surface area contributed by atoms with Crippen LogP contribution in [-0.4, -0.2) is 41.9 Å². The van der Waals surface area contributed by atoms with E-state index in [0.29, 0.717) is 23.7 Å². The van der Waals surface area contributed by atoms with Gasteiger partial charge in [0.2, 0.25) is 5.91 Å². The van der Waals surface area contributed by atoms with E-state index in [1.807, 2.05) is 12.1 Å². The summed E-state index contributed by atoms with van der Waals surface area (Å²) < 4.78 is 13.1. The molecule has 0 atom stereocenters. The number of carbonyl (C=O) groups is 1. The van der Waals surface area contributed by atoms with E-state index in [2.05, 4.69) is 9.80 Å². The van der Waals surface area contributed by atoms with Crippen molar-refractivity contribution < 1.29 is 9.18 Å². The van der Waals surface area contributed by atoms with Crippen LogP contribution in [-0.2, 0) is 11.3 Å². The van der Waals surface area contributed by atoms with E-state index in [-0.39, 0.29) is 5.82 Å². The number of benzene rings is 1. The summed E-state index contributed by atoms with van der Waals surface area (Å²) in [6.45, 7) is 4.55. The Bertz CT molecular complexity index is 660. The minimum absolute atomic E-state index is 0.179. The van der Waals surface area contributed by atoms with E-state index < -0.39 is 0 Å². The Morgan fingerprint density at radius 2 is 1.56 bits per heavy atom. The molecule has 0 unspecified atom stereocenters. The van der Waals surface area contributed by atoms with Gasteiger partial charge in [-0.05, 0) is 79.9 Å². The van der Waals surface area contributed by atoms with E-state index in [9.17, 15) is 9.18 Å². The van der Waals surface area contributed by atoms with Gasteiger partial charge < -0.3 is 4.90 Å². The van der Waals surface area contributed by atoms with Crippen molar-refractivity contribution in [2.45, 2.75) is 45.1 Å². The van der Waals surface area contributed by atoms with Crippen LogP contribution >= 0.6 is 0 Å². The fourth-order valence-corrected chi connectivity index (χ4v) is 6.74. The van der Waals surface area contributed by atoms with Gasteiger partial charge in [-0.3, -0.25) is 9.69 Å². The minimum atomic E-state index is -0.179. The first kappa shape index (κ1) is 17.7. The summed E-state index contributed by atoms with van der Waals surface area (Å²) >= 11 is 0. The first-order valence-electron chi connectivity index (χ1n) is 10.9. The molecular formula is C23H31FN2O. The fourth-order valence-electron chi connectivity index (χ4n) is 6.74. The third-order valence-electron chi connectivity index (χ3n) is 7.73. The minimum Gasteiger partial charge on any atom is -0.341 e. The largest absolute Gasteiger partial charge is 0.341 e. The number of rotatable bonds is 3. The Kier molecular flexibility index (Phi) is 4.71. The summed E-state index contributed by atoms with van der Waals surface area (Å²) in [5.41, 5.74) is 1.15. The maximum Gasteiger partial charge on any atom is 0.226 e. The summed E-state index contributed by atoms with van der Waals surface area (Å²) in [7, 11) is 0. The smallest absolute Gasteiger partial charge is 0.226 e. The summed E-state index contributed by atoms with van der Waals surface area (Å²) in [4.78, 5) is 18.0. The van der Waals surface area contributed by atoms with Crippen LogP contribution in [0.4, 0.5) is 4.39 Å². The van der Waals surface area contributed by atoms with E-state index in [4.69, 9.17) is 0 Å². The molecule has 5 fully saturated rings. The van der Waals surface area contributed by atoms with Crippen molar-refractivity contribution in [1.29, 1.82) is 0 Å². The van der Waals surface area contributed by atoms with Crippen molar-refractivity contribution in [2.24, 2.45) is 29.6 Å². The molecule has 1 aliphatic heterocycles. The average Bonchev–Trinajstić information content (AvgIpc) is 2.88. The molecule has 3 nitrogen and oxygen atoms in total. The van der Waals surface area contributed by atoms with Crippen LogP contribution in [0.3, 0.4) is 0 Å². The second-order valence-electron chi connectivity index (χ2n) is 9.54. The molecular weight excluding hydrogens is 339 g/mol. The summed E-state index contributed by atoms with van der Waals surface area (Å²) in [6.07, 6.45) is 7.74. The van der Waals surface area contributed by atoms with Gasteiger partial charge in [0.1, 0.15) is 5.82 Å². The highest BCUT2D eigenvalue weighted by Gasteiger charge is 2.51. The zero-order valence-corrected chi connectivity index (χ0v) is 16.2. The number of amides is 1. The van der Waals surface area contributed by atoms with Crippen LogP contribution in [0, 0.1) is 35.4 Å². The fraction of sp³-hybridized carbons (Fsp3) is 0.696. The number of nitrogens with zero attached hydrogens (tertiary/aromatic N) is 2. The van der Waals surface area contributed by atoms with E-state index in [0.717, 1.165) is 56.5 Å². The van der Waals surface area contributed by atoms with Crippen molar-refractivity contribution in [1.82, 2.24) is 9.80 Å². The molecule has 5 aliphatic rings. The third kappa shape index (κ3) is 3.53. The molecule has 1 aromatic carbocycles. The highest BCUT2D eigenvalue weighted by molar-refractivity contribution is 5.80. The van der Waals surface area contributed by atoms with Crippen molar-refractivity contribution >= 4 is 5.91 Å². The molecule has 1 heterocycles. The Morgan fingerprint density at radius 1 is 0.889 bits per heavy atom. The molecule has 146 valence electrons. The molecule has 0 N–H and O–H groups in total. The Hall–Kier alpha value is -1.42. The number of hydrogen-bond donors (Lipinski definition) is 0. The van der Waals surface area contributed by atoms with Gasteiger partial charge in [0, 0.05) is 38.6 Å². The number of hydrogen-bond acceptors (Lipinski definition) is 2. The molecule has 0 spiro atoms. The summed E-state index contributed by atoms with van der Waals surface area (Å²) in [6, 6.07) is 6.82. The van der Waals surface area contributed by atoms with Crippen LogP contribution < -0.4 is 0 Å². The van der Waals surface area contributed by atoms with Crippen LogP contribution in [0.5, 0.6) is 0 Å². The van der Waals surface area contributed by atoms with Gasteiger partial charge in [-0.2, -0.15) is 0 Å². The van der Waals surface area contributed by atoms with E-state index in [1.165, 1.54) is 44.2 Å². The maximum atomic E-state index is 13.4. The lowest BCUT2D eigenvalue weighted by Gasteiger charge is -2.54. The molecule has 4 bridgehead atoms. The van der Waals surface area contributed by atoms with Crippen molar-refractivity contribution in [3.63, 3.8) is 0 Å². The van der Waals surface area contributed by atoms with Crippen LogP contribution in [0.15, 0.2) is 24.3 Å². The summed E-state index contributed by atoms with van der Waals surface area (Å²) in [5, 5.41) is 0. The van der Waals surface area contributed by atoms with E-state index >= 15 is 0 Å². The van der Waals surface area contributed by atoms with E-state index in [1.54, 1.807) is 0 Å². The average molecular weight is 371 g/mol.